The standard InChI is InChI=1S/C13H15NO2/c1-4-11(15)10-7-9-12(16-3)6-5-8(2)13(9)14-10/h5-7,14H,4H2,1-3H3. The Morgan fingerprint density at radius 2 is 2.19 bits per heavy atom. The lowest BCUT2D eigenvalue weighted by atomic mass is 10.1. The number of nitrogens with one attached hydrogen (secondary N) is 1. The van der Waals surface area contributed by atoms with Gasteiger partial charge in [-0.2, -0.15) is 0 Å². The molecule has 0 amide bonds. The van der Waals surface area contributed by atoms with Gasteiger partial charge in [0.2, 0.25) is 0 Å². The molecule has 0 atom stereocenters. The molecule has 0 saturated carbocycles. The van der Waals surface area contributed by atoms with Crippen molar-refractivity contribution in [2.75, 3.05) is 7.11 Å². The molecule has 1 heterocycles. The van der Waals surface area contributed by atoms with Crippen LogP contribution in [-0.2, 0) is 0 Å². The summed E-state index contributed by atoms with van der Waals surface area (Å²) in [7, 11) is 1.64. The summed E-state index contributed by atoms with van der Waals surface area (Å²) in [6.07, 6.45) is 0.508. The number of aromatic amines is 1. The first-order valence-corrected chi connectivity index (χ1v) is 5.37. The van der Waals surface area contributed by atoms with E-state index >= 15 is 0 Å². The van der Waals surface area contributed by atoms with Crippen LogP contribution in [0.15, 0.2) is 18.2 Å². The first-order chi connectivity index (χ1) is 7.67. The molecular weight excluding hydrogens is 202 g/mol. The van der Waals surface area contributed by atoms with E-state index in [0.29, 0.717) is 12.1 Å². The van der Waals surface area contributed by atoms with Gasteiger partial charge in [0, 0.05) is 11.8 Å². The zero-order valence-electron chi connectivity index (χ0n) is 9.76. The summed E-state index contributed by atoms with van der Waals surface area (Å²) in [5.41, 5.74) is 2.76. The van der Waals surface area contributed by atoms with Crippen LogP contribution in [0.4, 0.5) is 0 Å². The molecule has 0 spiro atoms. The lowest BCUT2D eigenvalue weighted by Gasteiger charge is -2.02. The van der Waals surface area contributed by atoms with Crippen molar-refractivity contribution in [1.82, 2.24) is 4.98 Å². The van der Waals surface area contributed by atoms with E-state index in [9.17, 15) is 4.79 Å². The third kappa shape index (κ3) is 1.58. The van der Waals surface area contributed by atoms with Gasteiger partial charge in [-0.3, -0.25) is 4.79 Å². The highest BCUT2D eigenvalue weighted by molar-refractivity contribution is 6.01. The SMILES string of the molecule is CCC(=O)c1cc2c(OC)ccc(C)c2[nH]1. The van der Waals surface area contributed by atoms with E-state index in [1.165, 1.54) is 0 Å². The van der Waals surface area contributed by atoms with E-state index in [-0.39, 0.29) is 5.78 Å². The molecule has 0 saturated heterocycles. The van der Waals surface area contributed by atoms with Gasteiger partial charge < -0.3 is 9.72 Å². The Hall–Kier alpha value is -1.77. The second-order valence-electron chi connectivity index (χ2n) is 3.83. The first-order valence-electron chi connectivity index (χ1n) is 5.37. The molecule has 0 aliphatic rings. The topological polar surface area (TPSA) is 42.1 Å². The molecule has 2 rings (SSSR count). The number of ether oxygens (including phenoxy) is 1. The van der Waals surface area contributed by atoms with E-state index in [1.807, 2.05) is 32.0 Å². The van der Waals surface area contributed by atoms with E-state index < -0.39 is 0 Å². The van der Waals surface area contributed by atoms with Crippen LogP contribution in [0.5, 0.6) is 5.75 Å². The molecule has 0 unspecified atom stereocenters. The largest absolute Gasteiger partial charge is 0.496 e. The molecule has 0 fully saturated rings. The number of benzene rings is 1. The fourth-order valence-electron chi connectivity index (χ4n) is 1.85. The maximum atomic E-state index is 11.6. The number of fused-ring (bicyclic) bond motifs is 1. The van der Waals surface area contributed by atoms with Crippen molar-refractivity contribution in [2.24, 2.45) is 0 Å². The quantitative estimate of drug-likeness (QED) is 0.803. The Kier molecular flexibility index (Phi) is 2.69. The Labute approximate surface area is 94.4 Å². The highest BCUT2D eigenvalue weighted by Crippen LogP contribution is 2.29. The molecule has 84 valence electrons. The molecule has 0 bridgehead atoms. The molecule has 2 aromatic rings. The fourth-order valence-corrected chi connectivity index (χ4v) is 1.85. The lowest BCUT2D eigenvalue weighted by Crippen LogP contribution is -1.95. The maximum Gasteiger partial charge on any atom is 0.178 e. The number of Topliss-reactive ketones (excluding diaryl/α,β-unsaturated/α-hetero) is 1. The van der Waals surface area contributed by atoms with E-state index in [1.54, 1.807) is 7.11 Å². The number of ketones is 1. The molecule has 3 nitrogen and oxygen atoms in total. The van der Waals surface area contributed by atoms with Gasteiger partial charge in [0.15, 0.2) is 5.78 Å². The predicted octanol–water partition coefficient (Wildman–Crippen LogP) is 3.08. The minimum absolute atomic E-state index is 0.123. The van der Waals surface area contributed by atoms with Crippen molar-refractivity contribution in [3.63, 3.8) is 0 Å². The minimum Gasteiger partial charge on any atom is -0.496 e. The molecule has 0 radical (unpaired) electrons. The molecule has 1 N–H and O–H groups in total. The van der Waals surface area contributed by atoms with E-state index in [4.69, 9.17) is 4.74 Å². The van der Waals surface area contributed by atoms with Gasteiger partial charge in [0.1, 0.15) is 5.75 Å². The van der Waals surface area contributed by atoms with Crippen LogP contribution in [0.2, 0.25) is 0 Å². The van der Waals surface area contributed by atoms with Gasteiger partial charge in [-0.1, -0.05) is 13.0 Å². The van der Waals surface area contributed by atoms with Gasteiger partial charge >= 0.3 is 0 Å². The molecular formula is C13H15NO2. The number of hydrogen-bond donors (Lipinski definition) is 1. The third-order valence-corrected chi connectivity index (χ3v) is 2.80. The van der Waals surface area contributed by atoms with E-state index in [2.05, 4.69) is 4.98 Å². The second kappa shape index (κ2) is 4.00. The first kappa shape index (κ1) is 10.7. The number of aryl methyl sites for hydroxylation is 1. The number of methoxy groups -OCH3 is 1. The molecule has 3 heteroatoms. The predicted molar refractivity (Wildman–Crippen MR) is 64.2 cm³/mol. The van der Waals surface area contributed by atoms with Gasteiger partial charge in [-0.05, 0) is 24.6 Å². The zero-order valence-corrected chi connectivity index (χ0v) is 9.76. The van der Waals surface area contributed by atoms with Gasteiger partial charge in [-0.15, -0.1) is 0 Å². The monoisotopic (exact) mass is 217 g/mol. The molecule has 1 aromatic carbocycles. The summed E-state index contributed by atoms with van der Waals surface area (Å²) in [4.78, 5) is 14.8. The number of aromatic nitrogens is 1. The van der Waals surface area contributed by atoms with Crippen LogP contribution < -0.4 is 4.74 Å². The number of H-pyrrole nitrogens is 1. The molecule has 1 aromatic heterocycles. The Balaban J connectivity index is 2.68. The number of rotatable bonds is 3. The van der Waals surface area contributed by atoms with Crippen molar-refractivity contribution < 1.29 is 9.53 Å². The number of carbonyl (C=O) groups excluding carboxylic acids is 1. The van der Waals surface area contributed by atoms with Crippen molar-refractivity contribution in [1.29, 1.82) is 0 Å². The maximum absolute atomic E-state index is 11.6. The fraction of sp³-hybridized carbons (Fsp3) is 0.308. The van der Waals surface area contributed by atoms with Crippen LogP contribution in [0.3, 0.4) is 0 Å². The van der Waals surface area contributed by atoms with Gasteiger partial charge in [0.25, 0.3) is 0 Å². The average molecular weight is 217 g/mol. The van der Waals surface area contributed by atoms with Crippen molar-refractivity contribution in [3.05, 3.63) is 29.5 Å². The number of hydrogen-bond acceptors (Lipinski definition) is 2. The normalized spacial score (nSPS) is 10.7. The summed E-state index contributed by atoms with van der Waals surface area (Å²) in [6.45, 7) is 3.87. The second-order valence-corrected chi connectivity index (χ2v) is 3.83. The molecule has 0 aliphatic carbocycles. The summed E-state index contributed by atoms with van der Waals surface area (Å²) < 4.78 is 5.28. The Morgan fingerprint density at radius 3 is 2.81 bits per heavy atom. The average Bonchev–Trinajstić information content (AvgIpc) is 2.74. The van der Waals surface area contributed by atoms with Gasteiger partial charge in [0.05, 0.1) is 18.3 Å². The number of carbonyl (C=O) groups is 1. The minimum atomic E-state index is 0.123. The highest BCUT2D eigenvalue weighted by Gasteiger charge is 2.11. The summed E-state index contributed by atoms with van der Waals surface area (Å²) in [6, 6.07) is 5.77. The summed E-state index contributed by atoms with van der Waals surface area (Å²) in [5.74, 6) is 0.921. The summed E-state index contributed by atoms with van der Waals surface area (Å²) >= 11 is 0. The molecule has 0 aliphatic heterocycles. The molecule has 16 heavy (non-hydrogen) atoms. The van der Waals surface area contributed by atoms with Crippen molar-refractivity contribution >= 4 is 16.7 Å². The van der Waals surface area contributed by atoms with Gasteiger partial charge in [-0.25, -0.2) is 0 Å². The lowest BCUT2D eigenvalue weighted by molar-refractivity contribution is 0.0984. The van der Waals surface area contributed by atoms with E-state index in [0.717, 1.165) is 22.2 Å². The van der Waals surface area contributed by atoms with Crippen molar-refractivity contribution in [2.45, 2.75) is 20.3 Å². The van der Waals surface area contributed by atoms with Crippen LogP contribution in [0.1, 0.15) is 29.4 Å². The van der Waals surface area contributed by atoms with Crippen LogP contribution >= 0.6 is 0 Å². The van der Waals surface area contributed by atoms with Crippen LogP contribution in [-0.4, -0.2) is 17.9 Å². The van der Waals surface area contributed by atoms with Crippen molar-refractivity contribution in [3.8, 4) is 5.75 Å². The Morgan fingerprint density at radius 1 is 1.44 bits per heavy atom. The van der Waals surface area contributed by atoms with Crippen LogP contribution in [0.25, 0.3) is 10.9 Å². The van der Waals surface area contributed by atoms with Crippen LogP contribution in [0, 0.1) is 6.92 Å². The summed E-state index contributed by atoms with van der Waals surface area (Å²) in [5, 5.41) is 0.972. The zero-order chi connectivity index (χ0) is 11.7. The Bertz CT molecular complexity index is 540. The highest BCUT2D eigenvalue weighted by atomic mass is 16.5. The smallest absolute Gasteiger partial charge is 0.178 e. The third-order valence-electron chi connectivity index (χ3n) is 2.80.